The molecular formula is C18H14BrF3N2O2. The van der Waals surface area contributed by atoms with Crippen LogP contribution in [0.1, 0.15) is 17.5 Å². The monoisotopic (exact) mass is 426 g/mol. The maximum absolute atomic E-state index is 12.6. The van der Waals surface area contributed by atoms with E-state index in [0.29, 0.717) is 5.56 Å². The molecule has 0 saturated heterocycles. The van der Waals surface area contributed by atoms with Gasteiger partial charge in [-0.2, -0.15) is 18.3 Å². The van der Waals surface area contributed by atoms with Gasteiger partial charge in [0, 0.05) is 4.47 Å². The second-order valence-corrected chi connectivity index (χ2v) is 6.28. The van der Waals surface area contributed by atoms with Crippen molar-refractivity contribution in [3.63, 3.8) is 0 Å². The zero-order chi connectivity index (χ0) is 19.2. The smallest absolute Gasteiger partial charge is 0.289 e. The van der Waals surface area contributed by atoms with E-state index in [1.165, 1.54) is 12.1 Å². The average Bonchev–Trinajstić information content (AvgIpc) is 2.59. The lowest BCUT2D eigenvalue weighted by Crippen LogP contribution is -2.28. The summed E-state index contributed by atoms with van der Waals surface area (Å²) in [6, 6.07) is 15.0. The zero-order valence-corrected chi connectivity index (χ0v) is 15.0. The largest absolute Gasteiger partial charge is 0.450 e. The van der Waals surface area contributed by atoms with Crippen LogP contribution in [-0.4, -0.2) is 23.6 Å². The molecule has 0 saturated carbocycles. The van der Waals surface area contributed by atoms with Gasteiger partial charge in [0.15, 0.2) is 0 Å². The van der Waals surface area contributed by atoms with E-state index in [9.17, 15) is 22.8 Å². The third-order valence-electron chi connectivity index (χ3n) is 3.34. The molecule has 8 heteroatoms. The normalized spacial score (nSPS) is 11.9. The fourth-order valence-corrected chi connectivity index (χ4v) is 2.32. The van der Waals surface area contributed by atoms with Crippen LogP contribution in [-0.2, 0) is 16.0 Å². The van der Waals surface area contributed by atoms with Crippen LogP contribution in [0.4, 0.5) is 13.2 Å². The Morgan fingerprint density at radius 1 is 1.00 bits per heavy atom. The lowest BCUT2D eigenvalue weighted by atomic mass is 10.1. The highest BCUT2D eigenvalue weighted by Gasteiger charge is 2.38. The molecule has 26 heavy (non-hydrogen) atoms. The Bertz CT molecular complexity index is 803. The molecule has 0 aliphatic heterocycles. The van der Waals surface area contributed by atoms with Gasteiger partial charge in [0.2, 0.25) is 11.7 Å². The van der Waals surface area contributed by atoms with E-state index in [1.807, 2.05) is 0 Å². The summed E-state index contributed by atoms with van der Waals surface area (Å²) in [7, 11) is 0. The van der Waals surface area contributed by atoms with Crippen LogP contribution in [0.2, 0.25) is 0 Å². The summed E-state index contributed by atoms with van der Waals surface area (Å²) >= 11 is 3.22. The van der Waals surface area contributed by atoms with Gasteiger partial charge in [-0.05, 0) is 23.3 Å². The third-order valence-corrected chi connectivity index (χ3v) is 3.87. The second kappa shape index (κ2) is 8.75. The van der Waals surface area contributed by atoms with Crippen molar-refractivity contribution in [2.45, 2.75) is 19.0 Å². The van der Waals surface area contributed by atoms with Gasteiger partial charge in [-0.15, -0.1) is 0 Å². The molecular weight excluding hydrogens is 413 g/mol. The SMILES string of the molecule is O=C(Cc1ccccc1)N/N=C(/CC(=O)C(F)(F)F)c1ccc(Br)cc1. The number of alkyl halides is 3. The van der Waals surface area contributed by atoms with Gasteiger partial charge in [-0.25, -0.2) is 5.43 Å². The van der Waals surface area contributed by atoms with Crippen molar-refractivity contribution in [1.29, 1.82) is 0 Å². The van der Waals surface area contributed by atoms with Crippen molar-refractivity contribution in [2.24, 2.45) is 5.10 Å². The number of ketones is 1. The first-order chi connectivity index (χ1) is 12.3. The number of carbonyl (C=O) groups is 2. The Labute approximate surface area is 156 Å². The number of rotatable bonds is 6. The Kier molecular flexibility index (Phi) is 6.68. The van der Waals surface area contributed by atoms with Gasteiger partial charge in [0.05, 0.1) is 18.6 Å². The van der Waals surface area contributed by atoms with Gasteiger partial charge in [-0.3, -0.25) is 9.59 Å². The first-order valence-corrected chi connectivity index (χ1v) is 8.30. The summed E-state index contributed by atoms with van der Waals surface area (Å²) in [5, 5.41) is 3.75. The summed E-state index contributed by atoms with van der Waals surface area (Å²) in [6.45, 7) is 0. The van der Waals surface area contributed by atoms with Crippen LogP contribution in [0.15, 0.2) is 64.2 Å². The molecule has 2 aromatic carbocycles. The van der Waals surface area contributed by atoms with E-state index in [4.69, 9.17) is 0 Å². The van der Waals surface area contributed by atoms with Crippen molar-refractivity contribution in [3.8, 4) is 0 Å². The standard InChI is InChI=1S/C18H14BrF3N2O2/c19-14-8-6-13(7-9-14)15(11-16(25)18(20,21)22)23-24-17(26)10-12-4-2-1-3-5-12/h1-9H,10-11H2,(H,24,26)/b23-15-. The number of halogens is 4. The van der Waals surface area contributed by atoms with E-state index in [-0.39, 0.29) is 12.1 Å². The summed E-state index contributed by atoms with van der Waals surface area (Å²) in [6.07, 6.45) is -5.91. The summed E-state index contributed by atoms with van der Waals surface area (Å²) in [4.78, 5) is 23.3. The molecule has 0 radical (unpaired) electrons. The highest BCUT2D eigenvalue weighted by molar-refractivity contribution is 9.10. The van der Waals surface area contributed by atoms with Crippen LogP contribution in [0.5, 0.6) is 0 Å². The first-order valence-electron chi connectivity index (χ1n) is 7.51. The van der Waals surface area contributed by atoms with Crippen LogP contribution < -0.4 is 5.43 Å². The van der Waals surface area contributed by atoms with Crippen LogP contribution in [0.25, 0.3) is 0 Å². The molecule has 0 aliphatic rings. The molecule has 2 rings (SSSR count). The first kappa shape index (κ1) is 19.8. The molecule has 136 valence electrons. The van der Waals surface area contributed by atoms with Gasteiger partial charge < -0.3 is 0 Å². The summed E-state index contributed by atoms with van der Waals surface area (Å²) in [5.41, 5.74) is 3.10. The Morgan fingerprint density at radius 2 is 1.62 bits per heavy atom. The second-order valence-electron chi connectivity index (χ2n) is 5.36. The quantitative estimate of drug-likeness (QED) is 0.559. The number of hydrazone groups is 1. The Morgan fingerprint density at radius 3 is 2.19 bits per heavy atom. The summed E-state index contributed by atoms with van der Waals surface area (Å²) in [5.74, 6) is -2.43. The van der Waals surface area contributed by atoms with E-state index >= 15 is 0 Å². The molecule has 0 aromatic heterocycles. The molecule has 0 atom stereocenters. The fourth-order valence-electron chi connectivity index (χ4n) is 2.05. The summed E-state index contributed by atoms with van der Waals surface area (Å²) < 4.78 is 38.4. The maximum Gasteiger partial charge on any atom is 0.450 e. The predicted octanol–water partition coefficient (Wildman–Crippen LogP) is 4.03. The van der Waals surface area contributed by atoms with Crippen LogP contribution >= 0.6 is 15.9 Å². The molecule has 1 N–H and O–H groups in total. The number of carbonyl (C=O) groups excluding carboxylic acids is 2. The van der Waals surface area contributed by atoms with E-state index in [0.717, 1.165) is 10.0 Å². The van der Waals surface area contributed by atoms with Crippen molar-refractivity contribution in [1.82, 2.24) is 5.43 Å². The molecule has 0 spiro atoms. The highest BCUT2D eigenvalue weighted by Crippen LogP contribution is 2.20. The number of hydrogen-bond donors (Lipinski definition) is 1. The number of Topliss-reactive ketones (excluding diaryl/α,β-unsaturated/α-hetero) is 1. The minimum absolute atomic E-state index is 0.0190. The van der Waals surface area contributed by atoms with E-state index in [2.05, 4.69) is 26.5 Å². The number of nitrogens with one attached hydrogen (secondary N) is 1. The molecule has 2 aromatic rings. The molecule has 4 nitrogen and oxygen atoms in total. The molecule has 0 bridgehead atoms. The van der Waals surface area contributed by atoms with Gasteiger partial charge in [-0.1, -0.05) is 58.4 Å². The third kappa shape index (κ3) is 6.11. The Balaban J connectivity index is 2.16. The van der Waals surface area contributed by atoms with E-state index < -0.39 is 24.3 Å². The number of nitrogens with zero attached hydrogens (tertiary/aromatic N) is 1. The topological polar surface area (TPSA) is 58.5 Å². The van der Waals surface area contributed by atoms with Crippen molar-refractivity contribution < 1.29 is 22.8 Å². The van der Waals surface area contributed by atoms with Gasteiger partial charge >= 0.3 is 6.18 Å². The lowest BCUT2D eigenvalue weighted by molar-refractivity contribution is -0.169. The fraction of sp³-hybridized carbons (Fsp3) is 0.167. The zero-order valence-electron chi connectivity index (χ0n) is 13.4. The van der Waals surface area contributed by atoms with Crippen molar-refractivity contribution >= 4 is 33.3 Å². The average molecular weight is 427 g/mol. The van der Waals surface area contributed by atoms with Gasteiger partial charge in [0.1, 0.15) is 0 Å². The van der Waals surface area contributed by atoms with Crippen LogP contribution in [0.3, 0.4) is 0 Å². The molecule has 0 fully saturated rings. The molecule has 0 unspecified atom stereocenters. The van der Waals surface area contributed by atoms with Crippen molar-refractivity contribution in [3.05, 3.63) is 70.2 Å². The lowest BCUT2D eigenvalue weighted by Gasteiger charge is -2.09. The minimum atomic E-state index is -4.97. The maximum atomic E-state index is 12.6. The Hall–Kier alpha value is -2.48. The van der Waals surface area contributed by atoms with E-state index in [1.54, 1.807) is 42.5 Å². The number of amides is 1. The predicted molar refractivity (Wildman–Crippen MR) is 94.6 cm³/mol. The van der Waals surface area contributed by atoms with Crippen LogP contribution in [0, 0.1) is 0 Å². The minimum Gasteiger partial charge on any atom is -0.289 e. The number of benzene rings is 2. The highest BCUT2D eigenvalue weighted by atomic mass is 79.9. The van der Waals surface area contributed by atoms with Crippen molar-refractivity contribution in [2.75, 3.05) is 0 Å². The van der Waals surface area contributed by atoms with Gasteiger partial charge in [0.25, 0.3) is 0 Å². The molecule has 0 aliphatic carbocycles. The molecule has 1 amide bonds. The molecule has 0 heterocycles. The number of hydrogen-bond acceptors (Lipinski definition) is 3.